The monoisotopic (exact) mass is 248 g/mol. The van der Waals surface area contributed by atoms with Gasteiger partial charge in [-0.15, -0.1) is 0 Å². The van der Waals surface area contributed by atoms with Gasteiger partial charge < -0.3 is 27.6 Å². The van der Waals surface area contributed by atoms with Crippen molar-refractivity contribution in [2.24, 2.45) is 0 Å². The summed E-state index contributed by atoms with van der Waals surface area (Å²) in [6.07, 6.45) is 0.709. The summed E-state index contributed by atoms with van der Waals surface area (Å²) in [7, 11) is 0. The molecule has 0 radical (unpaired) electrons. The smallest absolute Gasteiger partial charge is 0.240 e. The van der Waals surface area contributed by atoms with Gasteiger partial charge in [0.25, 0.3) is 0 Å². The minimum absolute atomic E-state index is 0.0445. The van der Waals surface area contributed by atoms with Crippen LogP contribution in [0.25, 0.3) is 17.0 Å². The summed E-state index contributed by atoms with van der Waals surface area (Å²) in [5.41, 5.74) is 6.42. The van der Waals surface area contributed by atoms with Crippen molar-refractivity contribution < 1.29 is 14.9 Å². The lowest BCUT2D eigenvalue weighted by Crippen LogP contribution is -2.20. The molecule has 0 spiro atoms. The molecule has 0 unspecified atom stereocenters. The molecule has 8 heteroatoms. The van der Waals surface area contributed by atoms with Gasteiger partial charge in [0.15, 0.2) is 22.7 Å². The van der Waals surface area contributed by atoms with Gasteiger partial charge in [0.05, 0.1) is 0 Å². The van der Waals surface area contributed by atoms with E-state index in [0.717, 1.165) is 0 Å². The van der Waals surface area contributed by atoms with Gasteiger partial charge in [-0.2, -0.15) is 0 Å². The highest BCUT2D eigenvalue weighted by Crippen LogP contribution is 2.29. The second-order valence-electron chi connectivity index (χ2n) is 3.84. The van der Waals surface area contributed by atoms with Crippen LogP contribution in [0, 0.1) is 6.92 Å². The van der Waals surface area contributed by atoms with Gasteiger partial charge in [-0.25, -0.2) is 19.5 Å². The maximum absolute atomic E-state index is 9.77. The van der Waals surface area contributed by atoms with Crippen LogP contribution in [-0.2, 0) is 4.74 Å². The quantitative estimate of drug-likeness (QED) is 0.592. The van der Waals surface area contributed by atoms with E-state index in [1.165, 1.54) is 17.2 Å². The first-order valence-corrected chi connectivity index (χ1v) is 5.14. The van der Waals surface area contributed by atoms with Crippen molar-refractivity contribution in [2.45, 2.75) is 12.2 Å². The number of nitrogen functional groups attached to an aromatic ring is 1. The van der Waals surface area contributed by atoms with Crippen molar-refractivity contribution in [1.82, 2.24) is 19.5 Å². The minimum atomic E-state index is -1.17. The number of imidazole rings is 1. The van der Waals surface area contributed by atoms with E-state index >= 15 is 0 Å². The van der Waals surface area contributed by atoms with Crippen LogP contribution < -0.4 is 5.73 Å². The molecule has 3 heterocycles. The normalized spacial score (nSPS) is 23.7. The fraction of sp³-hybridized carbons (Fsp3) is 0.200. The predicted octanol–water partition coefficient (Wildman–Crippen LogP) is -0.314. The zero-order valence-corrected chi connectivity index (χ0v) is 9.19. The van der Waals surface area contributed by atoms with E-state index in [1.807, 2.05) is 0 Å². The number of aliphatic hydroxyl groups is 2. The summed E-state index contributed by atoms with van der Waals surface area (Å²) in [5, 5.41) is 19.3. The highest BCUT2D eigenvalue weighted by Gasteiger charge is 2.30. The SMILES string of the molecule is [CH2-][C@H]1OC(n2cnc3c(N)ncnc32)=C(O)[C@@H]1O. The molecule has 1 aliphatic heterocycles. The van der Waals surface area contributed by atoms with Crippen molar-refractivity contribution in [1.29, 1.82) is 0 Å². The third kappa shape index (κ3) is 1.32. The molecular weight excluding hydrogens is 238 g/mol. The Hall–Kier alpha value is -2.35. The average Bonchev–Trinajstić information content (AvgIpc) is 2.88. The molecule has 0 bridgehead atoms. The van der Waals surface area contributed by atoms with E-state index in [1.54, 1.807) is 0 Å². The molecule has 2 atom stereocenters. The topological polar surface area (TPSA) is 119 Å². The van der Waals surface area contributed by atoms with Crippen LogP contribution in [0.5, 0.6) is 0 Å². The van der Waals surface area contributed by atoms with Gasteiger partial charge in [0.1, 0.15) is 18.8 Å². The molecule has 0 aromatic carbocycles. The molecule has 0 saturated carbocycles. The fourth-order valence-electron chi connectivity index (χ4n) is 1.75. The van der Waals surface area contributed by atoms with Crippen LogP contribution in [0.3, 0.4) is 0 Å². The Bertz CT molecular complexity index is 650. The van der Waals surface area contributed by atoms with Crippen LogP contribution in [-0.4, -0.2) is 41.9 Å². The van der Waals surface area contributed by atoms with Crippen molar-refractivity contribution >= 4 is 22.9 Å². The van der Waals surface area contributed by atoms with Gasteiger partial charge >= 0.3 is 0 Å². The number of fused-ring (bicyclic) bond motifs is 1. The fourth-order valence-corrected chi connectivity index (χ4v) is 1.75. The minimum Gasteiger partial charge on any atom is -0.505 e. The van der Waals surface area contributed by atoms with Gasteiger partial charge in [-0.1, -0.05) is 0 Å². The summed E-state index contributed by atoms with van der Waals surface area (Å²) >= 11 is 0. The second-order valence-corrected chi connectivity index (χ2v) is 3.84. The summed E-state index contributed by atoms with van der Waals surface area (Å²) in [6.45, 7) is 3.56. The van der Waals surface area contributed by atoms with E-state index in [-0.39, 0.29) is 17.5 Å². The van der Waals surface area contributed by atoms with Crippen LogP contribution in [0.1, 0.15) is 0 Å². The molecule has 0 saturated heterocycles. The summed E-state index contributed by atoms with van der Waals surface area (Å²) < 4.78 is 6.65. The van der Waals surface area contributed by atoms with E-state index in [4.69, 9.17) is 10.5 Å². The Morgan fingerprint density at radius 2 is 2.17 bits per heavy atom. The Morgan fingerprint density at radius 1 is 1.39 bits per heavy atom. The zero-order chi connectivity index (χ0) is 12.9. The number of nitrogens with zero attached hydrogens (tertiary/aromatic N) is 4. The molecule has 0 aliphatic carbocycles. The first-order chi connectivity index (χ1) is 8.59. The molecule has 2 aromatic heterocycles. The number of nitrogens with two attached hydrogens (primary N) is 1. The van der Waals surface area contributed by atoms with Crippen LogP contribution in [0.15, 0.2) is 18.4 Å². The Morgan fingerprint density at radius 3 is 2.83 bits per heavy atom. The molecular formula is C10H10N5O3-. The van der Waals surface area contributed by atoms with E-state index in [2.05, 4.69) is 21.9 Å². The molecule has 0 fully saturated rings. The number of aliphatic hydroxyl groups excluding tert-OH is 2. The second kappa shape index (κ2) is 3.57. The summed E-state index contributed by atoms with van der Waals surface area (Å²) in [4.78, 5) is 11.9. The lowest BCUT2D eigenvalue weighted by molar-refractivity contribution is 0.0777. The maximum Gasteiger partial charge on any atom is 0.240 e. The molecule has 2 aromatic rings. The van der Waals surface area contributed by atoms with Crippen molar-refractivity contribution in [2.75, 3.05) is 5.73 Å². The number of rotatable bonds is 1. The largest absolute Gasteiger partial charge is 0.505 e. The first-order valence-electron chi connectivity index (χ1n) is 5.14. The van der Waals surface area contributed by atoms with Gasteiger partial charge in [-0.05, 0) is 0 Å². The van der Waals surface area contributed by atoms with Crippen molar-refractivity contribution in [3.63, 3.8) is 0 Å². The molecule has 8 nitrogen and oxygen atoms in total. The number of hydrogen-bond donors (Lipinski definition) is 3. The number of hydrogen-bond acceptors (Lipinski definition) is 7. The molecule has 4 N–H and O–H groups in total. The van der Waals surface area contributed by atoms with Gasteiger partial charge in [-0.3, -0.25) is 0 Å². The molecule has 1 aliphatic rings. The summed E-state index contributed by atoms with van der Waals surface area (Å²) in [6, 6.07) is 0. The van der Waals surface area contributed by atoms with Crippen molar-refractivity contribution in [3.05, 3.63) is 25.3 Å². The molecule has 0 amide bonds. The van der Waals surface area contributed by atoms with E-state index in [9.17, 15) is 10.2 Å². The van der Waals surface area contributed by atoms with E-state index < -0.39 is 12.2 Å². The van der Waals surface area contributed by atoms with Crippen molar-refractivity contribution in [3.8, 4) is 0 Å². The Labute approximate surface area is 101 Å². The highest BCUT2D eigenvalue weighted by atomic mass is 16.5. The zero-order valence-electron chi connectivity index (χ0n) is 9.19. The van der Waals surface area contributed by atoms with Crippen LogP contribution >= 0.6 is 0 Å². The third-order valence-electron chi connectivity index (χ3n) is 2.69. The van der Waals surface area contributed by atoms with Crippen LogP contribution in [0.4, 0.5) is 5.82 Å². The molecule has 18 heavy (non-hydrogen) atoms. The van der Waals surface area contributed by atoms with Crippen LogP contribution in [0.2, 0.25) is 0 Å². The predicted molar refractivity (Wildman–Crippen MR) is 61.8 cm³/mol. The number of aromatic nitrogens is 4. The maximum atomic E-state index is 9.77. The average molecular weight is 248 g/mol. The number of ether oxygens (including phenoxy) is 1. The lowest BCUT2D eigenvalue weighted by Gasteiger charge is -2.15. The molecule has 94 valence electrons. The lowest BCUT2D eigenvalue weighted by atomic mass is 10.2. The molecule has 3 rings (SSSR count). The summed E-state index contributed by atoms with van der Waals surface area (Å²) in [5.74, 6) is -0.0434. The van der Waals surface area contributed by atoms with Gasteiger partial charge in [0.2, 0.25) is 5.88 Å². The highest BCUT2D eigenvalue weighted by molar-refractivity contribution is 5.83. The Kier molecular flexibility index (Phi) is 2.14. The first kappa shape index (κ1) is 10.8. The van der Waals surface area contributed by atoms with E-state index in [0.29, 0.717) is 11.2 Å². The Balaban J connectivity index is 2.20. The van der Waals surface area contributed by atoms with Gasteiger partial charge in [0, 0.05) is 6.10 Å². The third-order valence-corrected chi connectivity index (χ3v) is 2.69. The number of anilines is 1. The standard InChI is InChI=1S/C10H10N5O3/c1-4-6(16)7(17)10(18-4)15-3-14-5-8(11)12-2-13-9(5)15/h2-4,6,16-17H,1H2,(H2,11,12,13)/q-1/t4-,6-/m1/s1.